The second kappa shape index (κ2) is 16.0. The molecule has 216 valence electrons. The van der Waals surface area contributed by atoms with E-state index in [1.54, 1.807) is 12.0 Å². The summed E-state index contributed by atoms with van der Waals surface area (Å²) >= 11 is 9.03. The molecule has 1 aliphatic rings. The van der Waals surface area contributed by atoms with Gasteiger partial charge in [-0.1, -0.05) is 80.5 Å². The van der Waals surface area contributed by atoms with Crippen LogP contribution in [0.25, 0.3) is 6.08 Å². The van der Waals surface area contributed by atoms with Gasteiger partial charge in [0.1, 0.15) is 29.0 Å². The van der Waals surface area contributed by atoms with Crippen molar-refractivity contribution in [2.45, 2.75) is 39.2 Å². The number of nitrogens with zero attached hydrogens (tertiary/aromatic N) is 1. The minimum atomic E-state index is -0.0955. The number of hydrogen-bond donors (Lipinski definition) is 0. The van der Waals surface area contributed by atoms with E-state index in [4.69, 9.17) is 31.2 Å². The van der Waals surface area contributed by atoms with Crippen LogP contribution < -0.4 is 18.9 Å². The van der Waals surface area contributed by atoms with Gasteiger partial charge < -0.3 is 18.9 Å². The van der Waals surface area contributed by atoms with Crippen LogP contribution in [0.5, 0.6) is 23.0 Å². The second-order valence-corrected chi connectivity index (χ2v) is 12.2. The van der Waals surface area contributed by atoms with E-state index in [1.165, 1.54) is 31.0 Å². The van der Waals surface area contributed by atoms with Crippen LogP contribution in [0.1, 0.15) is 43.7 Å². The molecular weight excluding hydrogens is 669 g/mol. The molecule has 6 nitrogen and oxygen atoms in total. The molecule has 1 heterocycles. The fraction of sp³-hybridized carbons (Fsp3) is 0.312. The van der Waals surface area contributed by atoms with Gasteiger partial charge in [-0.25, -0.2) is 0 Å². The number of amides is 1. The molecule has 0 saturated carbocycles. The summed E-state index contributed by atoms with van der Waals surface area (Å²) in [7, 11) is 1.60. The number of rotatable bonds is 15. The Morgan fingerprint density at radius 1 is 0.902 bits per heavy atom. The van der Waals surface area contributed by atoms with E-state index in [9.17, 15) is 4.79 Å². The van der Waals surface area contributed by atoms with Crippen molar-refractivity contribution in [3.05, 3.63) is 86.3 Å². The van der Waals surface area contributed by atoms with E-state index in [0.29, 0.717) is 40.5 Å². The van der Waals surface area contributed by atoms with Gasteiger partial charge in [-0.2, -0.15) is 0 Å². The Hall–Kier alpha value is -2.76. The molecule has 0 atom stereocenters. The summed E-state index contributed by atoms with van der Waals surface area (Å²) in [4.78, 5) is 15.3. The predicted octanol–water partition coefficient (Wildman–Crippen LogP) is 8.12. The number of benzene rings is 3. The molecular formula is C32H34INO5S2. The van der Waals surface area contributed by atoms with Crippen LogP contribution in [0.4, 0.5) is 0 Å². The van der Waals surface area contributed by atoms with Crippen molar-refractivity contribution < 1.29 is 23.7 Å². The van der Waals surface area contributed by atoms with Gasteiger partial charge in [-0.3, -0.25) is 9.69 Å². The zero-order valence-electron chi connectivity index (χ0n) is 23.3. The van der Waals surface area contributed by atoms with Crippen LogP contribution in [0.2, 0.25) is 0 Å². The van der Waals surface area contributed by atoms with Crippen LogP contribution in [0, 0.1) is 3.57 Å². The fourth-order valence-corrected chi connectivity index (χ4v) is 6.21. The first-order valence-corrected chi connectivity index (χ1v) is 15.9. The summed E-state index contributed by atoms with van der Waals surface area (Å²) in [6, 6.07) is 21.3. The van der Waals surface area contributed by atoms with Crippen molar-refractivity contribution in [1.82, 2.24) is 4.90 Å². The molecule has 0 aliphatic carbocycles. The number of methoxy groups -OCH3 is 1. The molecule has 41 heavy (non-hydrogen) atoms. The fourth-order valence-electron chi connectivity index (χ4n) is 4.17. The van der Waals surface area contributed by atoms with E-state index in [-0.39, 0.29) is 5.91 Å². The van der Waals surface area contributed by atoms with Crippen molar-refractivity contribution in [3.8, 4) is 23.0 Å². The SMILES string of the molecule is CCCCCCOc1ccc(OCCOc2c(I)cc(/C=C3/SC(=S)N(Cc4ccccc4)C3=O)cc2OC)cc1. The highest BCUT2D eigenvalue weighted by Gasteiger charge is 2.32. The molecule has 0 unspecified atom stereocenters. The first kappa shape index (κ1) is 31.2. The molecule has 0 spiro atoms. The summed E-state index contributed by atoms with van der Waals surface area (Å²) in [5, 5.41) is 0. The van der Waals surface area contributed by atoms with Gasteiger partial charge in [0.25, 0.3) is 5.91 Å². The summed E-state index contributed by atoms with van der Waals surface area (Å²) in [6.45, 7) is 4.12. The van der Waals surface area contributed by atoms with Crippen molar-refractivity contribution in [3.63, 3.8) is 0 Å². The van der Waals surface area contributed by atoms with Gasteiger partial charge in [0.15, 0.2) is 11.5 Å². The summed E-state index contributed by atoms with van der Waals surface area (Å²) in [5.74, 6) is 2.74. The Balaban J connectivity index is 1.30. The number of carbonyl (C=O) groups excluding carboxylic acids is 1. The first-order chi connectivity index (χ1) is 20.0. The standard InChI is InChI=1S/C32H34INO5S2/c1-3-4-5-9-16-37-25-12-14-26(15-13-25)38-17-18-39-30-27(33)19-24(20-28(30)36-2)21-29-31(35)34(32(40)41-29)22-23-10-7-6-8-11-23/h6-8,10-15,19-21H,3-5,9,16-18,22H2,1-2H3/b29-21+. The Kier molecular flexibility index (Phi) is 12.2. The van der Waals surface area contributed by atoms with Crippen LogP contribution in [0.3, 0.4) is 0 Å². The monoisotopic (exact) mass is 703 g/mol. The number of thioether (sulfide) groups is 1. The van der Waals surface area contributed by atoms with Gasteiger partial charge in [0.05, 0.1) is 28.7 Å². The second-order valence-electron chi connectivity index (χ2n) is 9.37. The number of hydrogen-bond acceptors (Lipinski definition) is 7. The lowest BCUT2D eigenvalue weighted by molar-refractivity contribution is -0.122. The molecule has 0 N–H and O–H groups in total. The van der Waals surface area contributed by atoms with Gasteiger partial charge in [0, 0.05) is 0 Å². The maximum absolute atomic E-state index is 13.1. The lowest BCUT2D eigenvalue weighted by Gasteiger charge is -2.15. The molecule has 3 aromatic carbocycles. The highest BCUT2D eigenvalue weighted by Crippen LogP contribution is 2.38. The van der Waals surface area contributed by atoms with E-state index >= 15 is 0 Å². The molecule has 1 amide bonds. The molecule has 0 aromatic heterocycles. The van der Waals surface area contributed by atoms with Crippen molar-refractivity contribution in [1.29, 1.82) is 0 Å². The molecule has 1 saturated heterocycles. The van der Waals surface area contributed by atoms with E-state index in [2.05, 4.69) is 29.5 Å². The average Bonchev–Trinajstić information content (AvgIpc) is 3.24. The summed E-state index contributed by atoms with van der Waals surface area (Å²) < 4.78 is 24.7. The molecule has 0 bridgehead atoms. The zero-order chi connectivity index (χ0) is 29.0. The Bertz CT molecular complexity index is 1350. The Morgan fingerprint density at radius 2 is 1.59 bits per heavy atom. The maximum atomic E-state index is 13.1. The minimum absolute atomic E-state index is 0.0955. The zero-order valence-corrected chi connectivity index (χ0v) is 27.1. The maximum Gasteiger partial charge on any atom is 0.266 e. The predicted molar refractivity (Wildman–Crippen MR) is 178 cm³/mol. The average molecular weight is 704 g/mol. The molecule has 1 fully saturated rings. The van der Waals surface area contributed by atoms with Crippen LogP contribution in [0.15, 0.2) is 71.6 Å². The Labute approximate surface area is 265 Å². The van der Waals surface area contributed by atoms with Crippen LogP contribution in [-0.4, -0.2) is 42.1 Å². The normalized spacial score (nSPS) is 14.0. The largest absolute Gasteiger partial charge is 0.494 e. The number of unbranched alkanes of at least 4 members (excludes halogenated alkanes) is 3. The van der Waals surface area contributed by atoms with Gasteiger partial charge >= 0.3 is 0 Å². The third-order valence-electron chi connectivity index (χ3n) is 6.30. The smallest absolute Gasteiger partial charge is 0.266 e. The Morgan fingerprint density at radius 3 is 2.27 bits per heavy atom. The molecule has 1 aliphatic heterocycles. The van der Waals surface area contributed by atoms with Gasteiger partial charge in [0.2, 0.25) is 0 Å². The highest BCUT2D eigenvalue weighted by atomic mass is 127. The minimum Gasteiger partial charge on any atom is -0.494 e. The number of carbonyl (C=O) groups is 1. The van der Waals surface area contributed by atoms with E-state index in [1.807, 2.05) is 72.8 Å². The first-order valence-electron chi connectivity index (χ1n) is 13.6. The highest BCUT2D eigenvalue weighted by molar-refractivity contribution is 14.1. The molecule has 9 heteroatoms. The van der Waals surface area contributed by atoms with Gasteiger partial charge in [-0.15, -0.1) is 0 Å². The topological polar surface area (TPSA) is 57.2 Å². The van der Waals surface area contributed by atoms with E-state index in [0.717, 1.165) is 39.2 Å². The third kappa shape index (κ3) is 9.11. The van der Waals surface area contributed by atoms with Gasteiger partial charge in [-0.05, 0) is 82.6 Å². The van der Waals surface area contributed by atoms with Crippen LogP contribution >= 0.6 is 46.6 Å². The molecule has 0 radical (unpaired) electrons. The third-order valence-corrected chi connectivity index (χ3v) is 8.47. The van der Waals surface area contributed by atoms with Crippen molar-refractivity contribution in [2.75, 3.05) is 26.9 Å². The number of thiocarbonyl (C=S) groups is 1. The lowest BCUT2D eigenvalue weighted by Crippen LogP contribution is -2.27. The summed E-state index contributed by atoms with van der Waals surface area (Å²) in [6.07, 6.45) is 6.58. The summed E-state index contributed by atoms with van der Waals surface area (Å²) in [5.41, 5.74) is 1.87. The van der Waals surface area contributed by atoms with Crippen molar-refractivity contribution >= 4 is 62.9 Å². The quantitative estimate of drug-likeness (QED) is 0.0686. The molecule has 4 rings (SSSR count). The number of ether oxygens (including phenoxy) is 4. The number of halogens is 1. The van der Waals surface area contributed by atoms with Crippen LogP contribution in [-0.2, 0) is 11.3 Å². The van der Waals surface area contributed by atoms with Crippen molar-refractivity contribution in [2.24, 2.45) is 0 Å². The van der Waals surface area contributed by atoms with E-state index < -0.39 is 0 Å². The lowest BCUT2D eigenvalue weighted by atomic mass is 10.1. The molecule has 3 aromatic rings.